The Labute approximate surface area is 124 Å². The summed E-state index contributed by atoms with van der Waals surface area (Å²) in [7, 11) is 0. The van der Waals surface area contributed by atoms with Crippen molar-refractivity contribution >= 4 is 27.5 Å². The van der Waals surface area contributed by atoms with Crippen LogP contribution in [0.3, 0.4) is 0 Å². The number of amides is 1. The molecule has 0 bridgehead atoms. The van der Waals surface area contributed by atoms with Crippen molar-refractivity contribution in [1.29, 1.82) is 0 Å². The number of rotatable bonds is 3. The zero-order valence-electron chi connectivity index (χ0n) is 10.6. The first-order valence-corrected chi connectivity index (χ1v) is 6.94. The summed E-state index contributed by atoms with van der Waals surface area (Å²) in [5.74, 6) is 1.27. The average Bonchev–Trinajstić information content (AvgIpc) is 2.91. The average molecular weight is 334 g/mol. The summed E-state index contributed by atoms with van der Waals surface area (Å²) in [5.41, 5.74) is 1.59. The molecule has 1 N–H and O–H groups in total. The zero-order valence-corrected chi connectivity index (χ0v) is 12.1. The molecule has 0 aromatic heterocycles. The second kappa shape index (κ2) is 5.54. The molecule has 0 radical (unpaired) electrons. The van der Waals surface area contributed by atoms with Crippen LogP contribution in [-0.2, 0) is 11.2 Å². The molecule has 2 aromatic rings. The summed E-state index contributed by atoms with van der Waals surface area (Å²) < 4.78 is 11.7. The Balaban J connectivity index is 1.70. The van der Waals surface area contributed by atoms with Crippen LogP contribution in [0.5, 0.6) is 11.5 Å². The van der Waals surface area contributed by atoms with Crippen molar-refractivity contribution < 1.29 is 14.3 Å². The van der Waals surface area contributed by atoms with E-state index in [1.54, 1.807) is 0 Å². The number of benzene rings is 2. The van der Waals surface area contributed by atoms with Crippen molar-refractivity contribution in [3.63, 3.8) is 0 Å². The highest BCUT2D eigenvalue weighted by atomic mass is 79.9. The monoisotopic (exact) mass is 333 g/mol. The minimum atomic E-state index is -0.0868. The van der Waals surface area contributed by atoms with Crippen molar-refractivity contribution in [3.05, 3.63) is 52.5 Å². The molecule has 1 heterocycles. The number of nitrogens with one attached hydrogen (secondary N) is 1. The first-order valence-electron chi connectivity index (χ1n) is 6.15. The number of para-hydroxylation sites is 1. The normalized spacial score (nSPS) is 12.2. The third kappa shape index (κ3) is 2.77. The number of halogens is 1. The Morgan fingerprint density at radius 1 is 1.15 bits per heavy atom. The van der Waals surface area contributed by atoms with Crippen LogP contribution < -0.4 is 14.8 Å². The molecule has 0 saturated heterocycles. The molecule has 2 aromatic carbocycles. The SMILES string of the molecule is O=C(Cc1cccc2c1OCO2)Nc1ccc(Br)cc1. The van der Waals surface area contributed by atoms with Crippen LogP contribution in [0.4, 0.5) is 5.69 Å². The van der Waals surface area contributed by atoms with Gasteiger partial charge in [0.25, 0.3) is 0 Å². The van der Waals surface area contributed by atoms with Gasteiger partial charge in [0.15, 0.2) is 11.5 Å². The second-order valence-electron chi connectivity index (χ2n) is 4.38. The number of carbonyl (C=O) groups is 1. The number of ether oxygens (including phenoxy) is 2. The highest BCUT2D eigenvalue weighted by Crippen LogP contribution is 2.35. The molecule has 1 amide bonds. The van der Waals surface area contributed by atoms with Crippen molar-refractivity contribution in [3.8, 4) is 11.5 Å². The summed E-state index contributed by atoms with van der Waals surface area (Å²) in [5, 5.41) is 2.85. The molecule has 0 spiro atoms. The second-order valence-corrected chi connectivity index (χ2v) is 5.30. The predicted molar refractivity (Wildman–Crippen MR) is 79.0 cm³/mol. The summed E-state index contributed by atoms with van der Waals surface area (Å²) >= 11 is 3.36. The zero-order chi connectivity index (χ0) is 13.9. The lowest BCUT2D eigenvalue weighted by Crippen LogP contribution is -2.14. The fourth-order valence-electron chi connectivity index (χ4n) is 2.04. The molecule has 102 valence electrons. The Morgan fingerprint density at radius 2 is 1.95 bits per heavy atom. The molecule has 1 aliphatic heterocycles. The van der Waals surface area contributed by atoms with Gasteiger partial charge in [-0.25, -0.2) is 0 Å². The summed E-state index contributed by atoms with van der Waals surface area (Å²) in [6, 6.07) is 13.0. The number of anilines is 1. The lowest BCUT2D eigenvalue weighted by molar-refractivity contribution is -0.115. The van der Waals surface area contributed by atoms with E-state index in [0.717, 1.165) is 15.7 Å². The van der Waals surface area contributed by atoms with Crippen molar-refractivity contribution in [2.75, 3.05) is 12.1 Å². The highest BCUT2D eigenvalue weighted by molar-refractivity contribution is 9.10. The largest absolute Gasteiger partial charge is 0.454 e. The van der Waals surface area contributed by atoms with E-state index in [-0.39, 0.29) is 19.1 Å². The molecule has 3 rings (SSSR count). The third-order valence-electron chi connectivity index (χ3n) is 2.96. The fraction of sp³-hybridized carbons (Fsp3) is 0.133. The van der Waals surface area contributed by atoms with Crippen LogP contribution in [0.25, 0.3) is 0 Å². The molecule has 0 aliphatic carbocycles. The molecule has 20 heavy (non-hydrogen) atoms. The Bertz CT molecular complexity index is 640. The lowest BCUT2D eigenvalue weighted by atomic mass is 10.1. The maximum Gasteiger partial charge on any atom is 0.231 e. The van der Waals surface area contributed by atoms with Crippen molar-refractivity contribution in [2.24, 2.45) is 0 Å². The third-order valence-corrected chi connectivity index (χ3v) is 3.49. The van der Waals surface area contributed by atoms with Gasteiger partial charge >= 0.3 is 0 Å². The van der Waals surface area contributed by atoms with Crippen LogP contribution in [-0.4, -0.2) is 12.7 Å². The standard InChI is InChI=1S/C15H12BrNO3/c16-11-4-6-12(7-5-11)17-14(18)8-10-2-1-3-13-15(10)20-9-19-13/h1-7H,8-9H2,(H,17,18). The Kier molecular flexibility index (Phi) is 3.60. The van der Waals surface area contributed by atoms with Gasteiger partial charge in [-0.05, 0) is 30.3 Å². The quantitative estimate of drug-likeness (QED) is 0.936. The van der Waals surface area contributed by atoms with Gasteiger partial charge in [0.1, 0.15) is 0 Å². The first kappa shape index (κ1) is 13.0. The van der Waals surface area contributed by atoms with Gasteiger partial charge in [-0.3, -0.25) is 4.79 Å². The van der Waals surface area contributed by atoms with Gasteiger partial charge in [-0.2, -0.15) is 0 Å². The molecule has 4 nitrogen and oxygen atoms in total. The fourth-order valence-corrected chi connectivity index (χ4v) is 2.31. The summed E-state index contributed by atoms with van der Waals surface area (Å²) in [6.45, 7) is 0.209. The molecule has 1 aliphatic rings. The lowest BCUT2D eigenvalue weighted by Gasteiger charge is -2.07. The predicted octanol–water partition coefficient (Wildman–Crippen LogP) is 3.36. The van der Waals surface area contributed by atoms with Crippen LogP contribution in [0.1, 0.15) is 5.56 Å². The van der Waals surface area contributed by atoms with E-state index < -0.39 is 0 Å². The number of fused-ring (bicyclic) bond motifs is 1. The van der Waals surface area contributed by atoms with Gasteiger partial charge in [-0.15, -0.1) is 0 Å². The minimum absolute atomic E-state index is 0.0868. The van der Waals surface area contributed by atoms with Crippen molar-refractivity contribution in [2.45, 2.75) is 6.42 Å². The van der Waals surface area contributed by atoms with E-state index >= 15 is 0 Å². The van der Waals surface area contributed by atoms with E-state index in [1.165, 1.54) is 0 Å². The van der Waals surface area contributed by atoms with E-state index in [0.29, 0.717) is 11.5 Å². The van der Waals surface area contributed by atoms with Gasteiger partial charge < -0.3 is 14.8 Å². The highest BCUT2D eigenvalue weighted by Gasteiger charge is 2.18. The van der Waals surface area contributed by atoms with Gasteiger partial charge in [0.05, 0.1) is 6.42 Å². The molecule has 0 fully saturated rings. The van der Waals surface area contributed by atoms with Crippen LogP contribution >= 0.6 is 15.9 Å². The molecule has 0 atom stereocenters. The van der Waals surface area contributed by atoms with Crippen LogP contribution in [0.2, 0.25) is 0 Å². The van der Waals surface area contributed by atoms with E-state index in [9.17, 15) is 4.79 Å². The van der Waals surface area contributed by atoms with E-state index in [4.69, 9.17) is 9.47 Å². The molecular weight excluding hydrogens is 322 g/mol. The number of carbonyl (C=O) groups excluding carboxylic acids is 1. The van der Waals surface area contributed by atoms with Gasteiger partial charge in [-0.1, -0.05) is 28.1 Å². The Morgan fingerprint density at radius 3 is 2.75 bits per heavy atom. The Hall–Kier alpha value is -2.01. The molecular formula is C15H12BrNO3. The summed E-state index contributed by atoms with van der Waals surface area (Å²) in [4.78, 5) is 12.0. The number of hydrogen-bond acceptors (Lipinski definition) is 3. The van der Waals surface area contributed by atoms with Crippen LogP contribution in [0, 0.1) is 0 Å². The van der Waals surface area contributed by atoms with Gasteiger partial charge in [0, 0.05) is 15.7 Å². The molecule has 5 heteroatoms. The first-order chi connectivity index (χ1) is 9.72. The molecule has 0 unspecified atom stereocenters. The maximum atomic E-state index is 12.0. The molecule has 0 saturated carbocycles. The minimum Gasteiger partial charge on any atom is -0.454 e. The topological polar surface area (TPSA) is 47.6 Å². The smallest absolute Gasteiger partial charge is 0.231 e. The summed E-state index contributed by atoms with van der Waals surface area (Å²) in [6.07, 6.45) is 0.253. The van der Waals surface area contributed by atoms with Crippen LogP contribution in [0.15, 0.2) is 46.9 Å². The van der Waals surface area contributed by atoms with E-state index in [1.807, 2.05) is 42.5 Å². The van der Waals surface area contributed by atoms with Crippen molar-refractivity contribution in [1.82, 2.24) is 0 Å². The van der Waals surface area contributed by atoms with E-state index in [2.05, 4.69) is 21.2 Å². The van der Waals surface area contributed by atoms with Gasteiger partial charge in [0.2, 0.25) is 12.7 Å². The number of hydrogen-bond donors (Lipinski definition) is 1. The maximum absolute atomic E-state index is 12.0.